The fourth-order valence-corrected chi connectivity index (χ4v) is 3.11. The molecule has 3 aromatic rings. The highest BCUT2D eigenvalue weighted by Gasteiger charge is 2.33. The number of urea groups is 1. The molecule has 1 heterocycles. The number of nitrogens with one attached hydrogen (secondary N) is 2. The molecule has 0 radical (unpaired) electrons. The van der Waals surface area contributed by atoms with Crippen LogP contribution in [-0.2, 0) is 11.3 Å². The Morgan fingerprint density at radius 1 is 0.935 bits per heavy atom. The summed E-state index contributed by atoms with van der Waals surface area (Å²) in [5.74, 6) is -1.14. The van der Waals surface area contributed by atoms with E-state index in [-0.39, 0.29) is 24.0 Å². The molecule has 7 heteroatoms. The Hall–Kier alpha value is -4.26. The van der Waals surface area contributed by atoms with Crippen LogP contribution in [0.25, 0.3) is 6.08 Å². The topological polar surface area (TPSA) is 78.5 Å². The van der Waals surface area contributed by atoms with Crippen LogP contribution in [-0.4, -0.2) is 22.7 Å². The van der Waals surface area contributed by atoms with Crippen molar-refractivity contribution in [3.05, 3.63) is 107 Å². The van der Waals surface area contributed by atoms with E-state index < -0.39 is 11.9 Å². The fraction of sp³-hybridized carbons (Fsp3) is 0.0417. The molecule has 1 saturated heterocycles. The number of carbonyl (C=O) groups excluding carboxylic acids is 3. The number of imide groups is 1. The number of halogens is 1. The largest absolute Gasteiger partial charge is 0.329 e. The van der Waals surface area contributed by atoms with E-state index in [0.717, 1.165) is 10.5 Å². The summed E-state index contributed by atoms with van der Waals surface area (Å²) in [5.41, 5.74) is 2.60. The SMILES string of the molecule is O=C(Nc1ccc(F)cc1)c1ccc(CN2C(=O)N/C(=C\c3ccccc3)C2=O)cc1. The average Bonchev–Trinajstić information content (AvgIpc) is 3.04. The van der Waals surface area contributed by atoms with E-state index in [1.165, 1.54) is 24.3 Å². The second kappa shape index (κ2) is 8.62. The lowest BCUT2D eigenvalue weighted by atomic mass is 10.1. The number of benzene rings is 3. The van der Waals surface area contributed by atoms with Crippen LogP contribution < -0.4 is 10.6 Å². The van der Waals surface area contributed by atoms with Crippen LogP contribution in [0.2, 0.25) is 0 Å². The number of amides is 4. The monoisotopic (exact) mass is 415 g/mol. The first-order valence-electron chi connectivity index (χ1n) is 9.55. The van der Waals surface area contributed by atoms with Gasteiger partial charge in [0.2, 0.25) is 0 Å². The zero-order chi connectivity index (χ0) is 21.8. The van der Waals surface area contributed by atoms with Crippen LogP contribution in [0.3, 0.4) is 0 Å². The van der Waals surface area contributed by atoms with Gasteiger partial charge in [-0.3, -0.25) is 14.5 Å². The summed E-state index contributed by atoms with van der Waals surface area (Å²) >= 11 is 0. The zero-order valence-corrected chi connectivity index (χ0v) is 16.3. The smallest absolute Gasteiger partial charge is 0.322 e. The van der Waals surface area contributed by atoms with Crippen molar-refractivity contribution in [2.24, 2.45) is 0 Å². The molecule has 0 saturated carbocycles. The molecule has 6 nitrogen and oxygen atoms in total. The number of carbonyl (C=O) groups is 3. The van der Waals surface area contributed by atoms with Gasteiger partial charge in [-0.1, -0.05) is 42.5 Å². The highest BCUT2D eigenvalue weighted by molar-refractivity contribution is 6.13. The highest BCUT2D eigenvalue weighted by Crippen LogP contribution is 2.18. The minimum Gasteiger partial charge on any atom is -0.322 e. The maximum absolute atomic E-state index is 13.0. The summed E-state index contributed by atoms with van der Waals surface area (Å²) in [5, 5.41) is 5.27. The minimum absolute atomic E-state index is 0.0800. The van der Waals surface area contributed by atoms with Gasteiger partial charge in [0.25, 0.3) is 11.8 Å². The molecule has 1 aliphatic heterocycles. The Bertz CT molecular complexity index is 1160. The molecular weight excluding hydrogens is 397 g/mol. The maximum Gasteiger partial charge on any atom is 0.329 e. The van der Waals surface area contributed by atoms with E-state index in [9.17, 15) is 18.8 Å². The first kappa shape index (κ1) is 20.0. The molecule has 1 aliphatic rings. The van der Waals surface area contributed by atoms with Gasteiger partial charge in [-0.2, -0.15) is 0 Å². The highest BCUT2D eigenvalue weighted by atomic mass is 19.1. The first-order valence-corrected chi connectivity index (χ1v) is 9.55. The summed E-state index contributed by atoms with van der Waals surface area (Å²) in [6.07, 6.45) is 1.63. The number of nitrogens with zero attached hydrogens (tertiary/aromatic N) is 1. The standard InChI is InChI=1S/C24H18FN3O3/c25-19-10-12-20(13-11-19)26-22(29)18-8-6-17(7-9-18)15-28-23(30)21(27-24(28)31)14-16-4-2-1-3-5-16/h1-14H,15H2,(H,26,29)(H,27,31)/b21-14-. The molecule has 3 aromatic carbocycles. The second-order valence-electron chi connectivity index (χ2n) is 6.95. The molecule has 2 N–H and O–H groups in total. The maximum atomic E-state index is 13.0. The van der Waals surface area contributed by atoms with Crippen LogP contribution >= 0.6 is 0 Å². The minimum atomic E-state index is -0.495. The van der Waals surface area contributed by atoms with Crippen molar-refractivity contribution in [2.45, 2.75) is 6.54 Å². The molecule has 0 unspecified atom stereocenters. The summed E-state index contributed by atoms with van der Waals surface area (Å²) in [7, 11) is 0. The van der Waals surface area contributed by atoms with E-state index in [4.69, 9.17) is 0 Å². The third-order valence-corrected chi connectivity index (χ3v) is 4.73. The van der Waals surface area contributed by atoms with Crippen molar-refractivity contribution < 1.29 is 18.8 Å². The average molecular weight is 415 g/mol. The van der Waals surface area contributed by atoms with Crippen LogP contribution in [0.15, 0.2) is 84.6 Å². The first-order chi connectivity index (χ1) is 15.0. The Labute approximate surface area is 178 Å². The Balaban J connectivity index is 1.42. The van der Waals surface area contributed by atoms with E-state index in [1.807, 2.05) is 30.3 Å². The van der Waals surface area contributed by atoms with Crippen molar-refractivity contribution in [2.75, 3.05) is 5.32 Å². The van der Waals surface area contributed by atoms with E-state index in [1.54, 1.807) is 30.3 Å². The quantitative estimate of drug-likeness (QED) is 0.485. The lowest BCUT2D eigenvalue weighted by Crippen LogP contribution is -2.30. The molecule has 0 bridgehead atoms. The number of hydrogen-bond acceptors (Lipinski definition) is 3. The third kappa shape index (κ3) is 4.67. The zero-order valence-electron chi connectivity index (χ0n) is 16.3. The molecule has 0 aromatic heterocycles. The van der Waals surface area contributed by atoms with Gasteiger partial charge in [0.05, 0.1) is 6.54 Å². The van der Waals surface area contributed by atoms with Gasteiger partial charge in [-0.25, -0.2) is 9.18 Å². The molecule has 0 atom stereocenters. The molecule has 0 spiro atoms. The third-order valence-electron chi connectivity index (χ3n) is 4.73. The van der Waals surface area contributed by atoms with Gasteiger partial charge >= 0.3 is 6.03 Å². The van der Waals surface area contributed by atoms with Gasteiger partial charge < -0.3 is 10.6 Å². The van der Waals surface area contributed by atoms with E-state index in [0.29, 0.717) is 16.8 Å². The van der Waals surface area contributed by atoms with Crippen LogP contribution in [0.4, 0.5) is 14.9 Å². The number of hydrogen-bond donors (Lipinski definition) is 2. The van der Waals surface area contributed by atoms with Crippen molar-refractivity contribution >= 4 is 29.6 Å². The van der Waals surface area contributed by atoms with Gasteiger partial charge in [0.15, 0.2) is 0 Å². The van der Waals surface area contributed by atoms with Crippen molar-refractivity contribution in [1.82, 2.24) is 10.2 Å². The summed E-state index contributed by atoms with van der Waals surface area (Å²) in [4.78, 5) is 38.3. The second-order valence-corrected chi connectivity index (χ2v) is 6.95. The lowest BCUT2D eigenvalue weighted by molar-refractivity contribution is -0.123. The van der Waals surface area contributed by atoms with Crippen LogP contribution in [0.1, 0.15) is 21.5 Å². The Kier molecular flexibility index (Phi) is 5.57. The molecule has 4 rings (SSSR count). The van der Waals surface area contributed by atoms with Crippen molar-refractivity contribution in [3.8, 4) is 0 Å². The van der Waals surface area contributed by atoms with E-state index in [2.05, 4.69) is 10.6 Å². The molecule has 1 fully saturated rings. The molecule has 154 valence electrons. The normalized spacial score (nSPS) is 14.6. The summed E-state index contributed by atoms with van der Waals surface area (Å²) in [6.45, 7) is 0.0800. The van der Waals surface area contributed by atoms with Gasteiger partial charge in [-0.15, -0.1) is 0 Å². The van der Waals surface area contributed by atoms with Gasteiger partial charge in [-0.05, 0) is 53.6 Å². The molecule has 31 heavy (non-hydrogen) atoms. The number of anilines is 1. The predicted octanol–water partition coefficient (Wildman–Crippen LogP) is 4.17. The number of rotatable bonds is 5. The Morgan fingerprint density at radius 3 is 2.29 bits per heavy atom. The van der Waals surface area contributed by atoms with Crippen LogP contribution in [0, 0.1) is 5.82 Å². The molecular formula is C24H18FN3O3. The van der Waals surface area contributed by atoms with E-state index >= 15 is 0 Å². The molecule has 0 aliphatic carbocycles. The van der Waals surface area contributed by atoms with Gasteiger partial charge in [0, 0.05) is 11.3 Å². The predicted molar refractivity (Wildman–Crippen MR) is 114 cm³/mol. The van der Waals surface area contributed by atoms with Gasteiger partial charge in [0.1, 0.15) is 11.5 Å². The summed E-state index contributed by atoms with van der Waals surface area (Å²) < 4.78 is 13.0. The van der Waals surface area contributed by atoms with Crippen molar-refractivity contribution in [1.29, 1.82) is 0 Å². The van der Waals surface area contributed by atoms with Crippen LogP contribution in [0.5, 0.6) is 0 Å². The Morgan fingerprint density at radius 2 is 1.61 bits per heavy atom. The fourth-order valence-electron chi connectivity index (χ4n) is 3.11. The van der Waals surface area contributed by atoms with Crippen molar-refractivity contribution in [3.63, 3.8) is 0 Å². The molecule has 4 amide bonds. The summed E-state index contributed by atoms with van der Waals surface area (Å²) in [6, 6.07) is 20.8. The lowest BCUT2D eigenvalue weighted by Gasteiger charge is -2.12.